The number of hydrogen-bond donors (Lipinski definition) is 0. The normalized spacial score (nSPS) is 10.3. The second kappa shape index (κ2) is 8.20. The predicted octanol–water partition coefficient (Wildman–Crippen LogP) is 3.11. The van der Waals surface area contributed by atoms with Gasteiger partial charge in [0.05, 0.1) is 0 Å². The number of aromatic nitrogens is 1. The lowest BCUT2D eigenvalue weighted by molar-refractivity contribution is -0.130. The van der Waals surface area contributed by atoms with Crippen LogP contribution in [0.4, 0.5) is 0 Å². The first-order valence-electron chi connectivity index (χ1n) is 7.50. The minimum Gasteiger partial charge on any atom is -0.343 e. The van der Waals surface area contributed by atoms with Crippen LogP contribution in [-0.4, -0.2) is 28.9 Å². The molecule has 2 rings (SSSR count). The summed E-state index contributed by atoms with van der Waals surface area (Å²) >= 11 is 0. The molecule has 21 heavy (non-hydrogen) atoms. The molecule has 0 atom stereocenters. The largest absolute Gasteiger partial charge is 0.343 e. The predicted molar refractivity (Wildman–Crippen MR) is 85.0 cm³/mol. The Morgan fingerprint density at radius 2 is 1.67 bits per heavy atom. The molecule has 0 spiro atoms. The molecule has 1 heterocycles. The van der Waals surface area contributed by atoms with Crippen LogP contribution >= 0.6 is 0 Å². The molecule has 110 valence electrons. The summed E-state index contributed by atoms with van der Waals surface area (Å²) in [6, 6.07) is 14.2. The van der Waals surface area contributed by atoms with Crippen molar-refractivity contribution in [2.75, 3.05) is 13.1 Å². The van der Waals surface area contributed by atoms with Gasteiger partial charge < -0.3 is 4.90 Å². The fourth-order valence-corrected chi connectivity index (χ4v) is 2.33. The summed E-state index contributed by atoms with van der Waals surface area (Å²) in [5, 5.41) is 0. The number of likely N-dealkylation sites (N-methyl/N-ethyl adjacent to an activating group) is 1. The quantitative estimate of drug-likeness (QED) is 0.782. The van der Waals surface area contributed by atoms with Gasteiger partial charge in [-0.05, 0) is 43.0 Å². The van der Waals surface area contributed by atoms with E-state index in [1.165, 1.54) is 11.1 Å². The molecule has 1 aromatic carbocycles. The Kier molecular flexibility index (Phi) is 5.95. The van der Waals surface area contributed by atoms with Crippen LogP contribution in [-0.2, 0) is 17.6 Å². The highest BCUT2D eigenvalue weighted by Gasteiger charge is 2.11. The number of benzene rings is 1. The van der Waals surface area contributed by atoms with Gasteiger partial charge in [0, 0.05) is 31.9 Å². The van der Waals surface area contributed by atoms with Gasteiger partial charge in [0.1, 0.15) is 0 Å². The number of pyridine rings is 1. The van der Waals surface area contributed by atoms with E-state index < -0.39 is 0 Å². The third kappa shape index (κ3) is 5.03. The summed E-state index contributed by atoms with van der Waals surface area (Å²) in [7, 11) is 0. The third-order valence-electron chi connectivity index (χ3n) is 3.62. The maximum Gasteiger partial charge on any atom is 0.222 e. The molecule has 0 N–H and O–H groups in total. The highest BCUT2D eigenvalue weighted by molar-refractivity contribution is 5.76. The lowest BCUT2D eigenvalue weighted by Crippen LogP contribution is -2.32. The van der Waals surface area contributed by atoms with Crippen LogP contribution < -0.4 is 0 Å². The van der Waals surface area contributed by atoms with Crippen LogP contribution in [0.3, 0.4) is 0 Å². The fraction of sp³-hybridized carbons (Fsp3) is 0.333. The molecular formula is C18H22N2O. The molecule has 3 heteroatoms. The van der Waals surface area contributed by atoms with E-state index in [1.54, 1.807) is 12.4 Å². The Bertz CT molecular complexity index is 540. The maximum atomic E-state index is 12.3. The zero-order chi connectivity index (χ0) is 14.9. The summed E-state index contributed by atoms with van der Waals surface area (Å²) in [6.45, 7) is 3.57. The van der Waals surface area contributed by atoms with E-state index in [2.05, 4.69) is 17.1 Å². The number of aryl methyl sites for hydroxylation is 1. The van der Waals surface area contributed by atoms with Crippen molar-refractivity contribution in [2.45, 2.75) is 26.2 Å². The lowest BCUT2D eigenvalue weighted by atomic mass is 10.1. The van der Waals surface area contributed by atoms with Crippen molar-refractivity contribution < 1.29 is 4.79 Å². The second-order valence-corrected chi connectivity index (χ2v) is 5.06. The minimum absolute atomic E-state index is 0.232. The van der Waals surface area contributed by atoms with Gasteiger partial charge in [-0.1, -0.05) is 30.3 Å². The van der Waals surface area contributed by atoms with Crippen molar-refractivity contribution in [1.82, 2.24) is 9.88 Å². The van der Waals surface area contributed by atoms with E-state index in [1.807, 2.05) is 42.2 Å². The van der Waals surface area contributed by atoms with E-state index >= 15 is 0 Å². The Hall–Kier alpha value is -2.16. The zero-order valence-electron chi connectivity index (χ0n) is 12.5. The van der Waals surface area contributed by atoms with E-state index in [0.717, 1.165) is 25.9 Å². The molecular weight excluding hydrogens is 260 g/mol. The standard InChI is InChI=1S/C18H22N2O/c1-2-20(15-12-17-10-13-19-14-11-17)18(21)9-8-16-6-4-3-5-7-16/h3-7,10-11,13-14H,2,8-9,12,15H2,1H3. The molecule has 0 bridgehead atoms. The molecule has 0 saturated carbocycles. The average molecular weight is 282 g/mol. The highest BCUT2D eigenvalue weighted by atomic mass is 16.2. The van der Waals surface area contributed by atoms with Crippen LogP contribution in [0, 0.1) is 0 Å². The molecule has 0 unspecified atom stereocenters. The van der Waals surface area contributed by atoms with Crippen molar-refractivity contribution in [1.29, 1.82) is 0 Å². The van der Waals surface area contributed by atoms with Crippen molar-refractivity contribution in [2.24, 2.45) is 0 Å². The minimum atomic E-state index is 0.232. The number of carbonyl (C=O) groups is 1. The summed E-state index contributed by atoms with van der Waals surface area (Å²) in [5.41, 5.74) is 2.44. The van der Waals surface area contributed by atoms with Crippen LogP contribution in [0.1, 0.15) is 24.5 Å². The van der Waals surface area contributed by atoms with E-state index in [-0.39, 0.29) is 5.91 Å². The van der Waals surface area contributed by atoms with Crippen LogP contribution in [0.15, 0.2) is 54.9 Å². The Balaban J connectivity index is 1.81. The number of hydrogen-bond acceptors (Lipinski definition) is 2. The SMILES string of the molecule is CCN(CCc1ccncc1)C(=O)CCc1ccccc1. The second-order valence-electron chi connectivity index (χ2n) is 5.06. The van der Waals surface area contributed by atoms with Gasteiger partial charge >= 0.3 is 0 Å². The van der Waals surface area contributed by atoms with Crippen molar-refractivity contribution in [3.05, 3.63) is 66.0 Å². The molecule has 0 aliphatic rings. The van der Waals surface area contributed by atoms with Crippen LogP contribution in [0.2, 0.25) is 0 Å². The first-order valence-corrected chi connectivity index (χ1v) is 7.50. The van der Waals surface area contributed by atoms with Gasteiger partial charge in [0.2, 0.25) is 5.91 Å². The molecule has 0 aliphatic heterocycles. The number of nitrogens with zero attached hydrogens (tertiary/aromatic N) is 2. The molecule has 0 aliphatic carbocycles. The van der Waals surface area contributed by atoms with Crippen LogP contribution in [0.25, 0.3) is 0 Å². The first-order chi connectivity index (χ1) is 10.3. The Labute approximate surface area is 126 Å². The zero-order valence-corrected chi connectivity index (χ0v) is 12.5. The van der Waals surface area contributed by atoms with Gasteiger partial charge in [-0.15, -0.1) is 0 Å². The molecule has 1 aromatic heterocycles. The number of rotatable bonds is 7. The van der Waals surface area contributed by atoms with E-state index in [9.17, 15) is 4.79 Å². The molecule has 1 amide bonds. The average Bonchev–Trinajstić information content (AvgIpc) is 2.55. The van der Waals surface area contributed by atoms with Crippen LogP contribution in [0.5, 0.6) is 0 Å². The van der Waals surface area contributed by atoms with Gasteiger partial charge in [-0.2, -0.15) is 0 Å². The van der Waals surface area contributed by atoms with E-state index in [0.29, 0.717) is 6.42 Å². The number of amides is 1. The summed E-state index contributed by atoms with van der Waals surface area (Å²) in [4.78, 5) is 18.2. The highest BCUT2D eigenvalue weighted by Crippen LogP contribution is 2.06. The van der Waals surface area contributed by atoms with Gasteiger partial charge in [0.15, 0.2) is 0 Å². The first kappa shape index (κ1) is 15.2. The van der Waals surface area contributed by atoms with Crippen molar-refractivity contribution in [3.8, 4) is 0 Å². The van der Waals surface area contributed by atoms with E-state index in [4.69, 9.17) is 0 Å². The third-order valence-corrected chi connectivity index (χ3v) is 3.62. The van der Waals surface area contributed by atoms with Crippen molar-refractivity contribution >= 4 is 5.91 Å². The number of carbonyl (C=O) groups excluding carboxylic acids is 1. The monoisotopic (exact) mass is 282 g/mol. The van der Waals surface area contributed by atoms with Gasteiger partial charge in [-0.25, -0.2) is 0 Å². The molecule has 0 fully saturated rings. The topological polar surface area (TPSA) is 33.2 Å². The summed E-state index contributed by atoms with van der Waals surface area (Å²) in [6.07, 6.45) is 5.86. The lowest BCUT2D eigenvalue weighted by Gasteiger charge is -2.21. The van der Waals surface area contributed by atoms with Crippen molar-refractivity contribution in [3.63, 3.8) is 0 Å². The summed E-state index contributed by atoms with van der Waals surface area (Å²) in [5.74, 6) is 0.232. The molecule has 0 saturated heterocycles. The Morgan fingerprint density at radius 1 is 1.00 bits per heavy atom. The summed E-state index contributed by atoms with van der Waals surface area (Å²) < 4.78 is 0. The maximum absolute atomic E-state index is 12.3. The molecule has 3 nitrogen and oxygen atoms in total. The molecule has 0 radical (unpaired) electrons. The fourth-order valence-electron chi connectivity index (χ4n) is 2.33. The Morgan fingerprint density at radius 3 is 2.33 bits per heavy atom. The smallest absolute Gasteiger partial charge is 0.222 e. The van der Waals surface area contributed by atoms with Gasteiger partial charge in [-0.3, -0.25) is 9.78 Å². The molecule has 2 aromatic rings. The van der Waals surface area contributed by atoms with Gasteiger partial charge in [0.25, 0.3) is 0 Å².